The van der Waals surface area contributed by atoms with Crippen molar-refractivity contribution in [2.45, 2.75) is 45.1 Å². The summed E-state index contributed by atoms with van der Waals surface area (Å²) in [5, 5.41) is 2.96. The van der Waals surface area contributed by atoms with Gasteiger partial charge in [-0.1, -0.05) is 49.6 Å². The molecule has 1 fully saturated rings. The third kappa shape index (κ3) is 6.90. The van der Waals surface area contributed by atoms with Gasteiger partial charge in [0.25, 0.3) is 0 Å². The number of amides is 1. The predicted molar refractivity (Wildman–Crippen MR) is 95.5 cm³/mol. The monoisotopic (exact) mass is 340 g/mol. The molecule has 1 aliphatic carbocycles. The zero-order valence-corrected chi connectivity index (χ0v) is 14.6. The molecule has 0 heterocycles. The smallest absolute Gasteiger partial charge is 0.220 e. The third-order valence-electron chi connectivity index (χ3n) is 4.56. The van der Waals surface area contributed by atoms with Gasteiger partial charge >= 0.3 is 0 Å². The molecule has 0 unspecified atom stereocenters. The minimum Gasteiger partial charge on any atom is -0.375 e. The Hall–Kier alpha value is -1.10. The van der Waals surface area contributed by atoms with E-state index in [9.17, 15) is 4.79 Å². The maximum Gasteiger partial charge on any atom is 0.220 e. The molecule has 1 amide bonds. The van der Waals surface area contributed by atoms with Gasteiger partial charge in [0.2, 0.25) is 5.91 Å². The van der Waals surface area contributed by atoms with E-state index in [1.54, 1.807) is 0 Å². The van der Waals surface area contributed by atoms with Crippen molar-refractivity contribution in [1.82, 2.24) is 5.32 Å². The summed E-state index contributed by atoms with van der Waals surface area (Å²) in [5.74, 6) is 0.107. The lowest BCUT2D eigenvalue weighted by Crippen LogP contribution is -2.39. The van der Waals surface area contributed by atoms with Crippen LogP contribution in [0.4, 0.5) is 0 Å². The highest BCUT2D eigenvalue weighted by atomic mass is 35.5. The number of nitrogens with two attached hydrogens (primary N) is 1. The quantitative estimate of drug-likeness (QED) is 0.715. The maximum atomic E-state index is 12.1. The van der Waals surface area contributed by atoms with Crippen molar-refractivity contribution in [2.24, 2.45) is 11.1 Å². The Labute approximate surface area is 145 Å². The largest absolute Gasteiger partial charge is 0.375 e. The summed E-state index contributed by atoms with van der Waals surface area (Å²) in [6, 6.07) is 10.1. The zero-order valence-electron chi connectivity index (χ0n) is 13.8. The van der Waals surface area contributed by atoms with Crippen LogP contribution in [-0.2, 0) is 16.1 Å². The molecule has 3 N–H and O–H groups in total. The second-order valence-electron chi connectivity index (χ2n) is 6.33. The summed E-state index contributed by atoms with van der Waals surface area (Å²) in [4.78, 5) is 12.1. The Kier molecular flexibility index (Phi) is 9.22. The lowest BCUT2D eigenvalue weighted by Gasteiger charge is -2.35. The van der Waals surface area contributed by atoms with E-state index in [4.69, 9.17) is 10.5 Å². The molecular weight excluding hydrogens is 312 g/mol. The highest BCUT2D eigenvalue weighted by molar-refractivity contribution is 5.85. The van der Waals surface area contributed by atoms with Crippen LogP contribution in [0.5, 0.6) is 0 Å². The van der Waals surface area contributed by atoms with Crippen LogP contribution in [0.2, 0.25) is 0 Å². The zero-order chi connectivity index (χ0) is 15.7. The standard InChI is InChI=1S/C18H28N2O2.ClH/c19-15-18(9-5-2-6-10-18)13-17(21)20-11-12-22-14-16-7-3-1-4-8-16;/h1,3-4,7-8H,2,5-6,9-15,19H2,(H,20,21);1H. The van der Waals surface area contributed by atoms with Crippen molar-refractivity contribution in [1.29, 1.82) is 0 Å². The van der Waals surface area contributed by atoms with Crippen LogP contribution in [0, 0.1) is 5.41 Å². The van der Waals surface area contributed by atoms with Gasteiger partial charge in [-0.25, -0.2) is 0 Å². The number of rotatable bonds is 8. The van der Waals surface area contributed by atoms with Crippen molar-refractivity contribution >= 4 is 18.3 Å². The van der Waals surface area contributed by atoms with Crippen molar-refractivity contribution in [3.8, 4) is 0 Å². The van der Waals surface area contributed by atoms with Gasteiger partial charge in [0.1, 0.15) is 0 Å². The van der Waals surface area contributed by atoms with Gasteiger partial charge in [0, 0.05) is 13.0 Å². The number of ether oxygens (including phenoxy) is 1. The minimum absolute atomic E-state index is 0. The summed E-state index contributed by atoms with van der Waals surface area (Å²) < 4.78 is 5.57. The van der Waals surface area contributed by atoms with E-state index in [1.807, 2.05) is 30.3 Å². The van der Waals surface area contributed by atoms with E-state index in [-0.39, 0.29) is 23.7 Å². The van der Waals surface area contributed by atoms with Crippen LogP contribution in [0.15, 0.2) is 30.3 Å². The summed E-state index contributed by atoms with van der Waals surface area (Å²) in [7, 11) is 0. The molecular formula is C18H29ClN2O2. The van der Waals surface area contributed by atoms with Gasteiger partial charge in [-0.15, -0.1) is 12.4 Å². The molecule has 2 rings (SSSR count). The van der Waals surface area contributed by atoms with Crippen molar-refractivity contribution < 1.29 is 9.53 Å². The Bertz CT molecular complexity index is 448. The lowest BCUT2D eigenvalue weighted by atomic mass is 9.72. The number of carbonyl (C=O) groups excluding carboxylic acids is 1. The molecule has 1 aromatic rings. The molecule has 0 aromatic heterocycles. The van der Waals surface area contributed by atoms with Crippen molar-refractivity contribution in [3.05, 3.63) is 35.9 Å². The van der Waals surface area contributed by atoms with Crippen molar-refractivity contribution in [2.75, 3.05) is 19.7 Å². The van der Waals surface area contributed by atoms with Gasteiger partial charge in [0.15, 0.2) is 0 Å². The summed E-state index contributed by atoms with van der Waals surface area (Å²) in [6.07, 6.45) is 6.40. The maximum absolute atomic E-state index is 12.1. The Balaban J connectivity index is 0.00000264. The first kappa shape index (κ1) is 19.9. The molecule has 0 saturated heterocycles. The van der Waals surface area contributed by atoms with Gasteiger partial charge < -0.3 is 15.8 Å². The molecule has 0 aliphatic heterocycles. The molecule has 0 spiro atoms. The number of halogens is 1. The topological polar surface area (TPSA) is 64.4 Å². The van der Waals surface area contributed by atoms with E-state index in [0.717, 1.165) is 18.4 Å². The molecule has 1 aromatic carbocycles. The number of hydrogen-bond donors (Lipinski definition) is 2. The minimum atomic E-state index is 0. The van der Waals surface area contributed by atoms with Gasteiger partial charge in [-0.05, 0) is 30.4 Å². The molecule has 1 saturated carbocycles. The highest BCUT2D eigenvalue weighted by Crippen LogP contribution is 2.38. The van der Waals surface area contributed by atoms with Crippen LogP contribution in [0.3, 0.4) is 0 Å². The van der Waals surface area contributed by atoms with E-state index in [1.165, 1.54) is 19.3 Å². The summed E-state index contributed by atoms with van der Waals surface area (Å²) in [6.45, 7) is 2.30. The number of benzene rings is 1. The first-order valence-corrected chi connectivity index (χ1v) is 8.33. The van der Waals surface area contributed by atoms with E-state index in [2.05, 4.69) is 5.32 Å². The molecule has 23 heavy (non-hydrogen) atoms. The Morgan fingerprint density at radius 3 is 2.52 bits per heavy atom. The summed E-state index contributed by atoms with van der Waals surface area (Å²) in [5.41, 5.74) is 7.11. The first-order valence-electron chi connectivity index (χ1n) is 8.33. The van der Waals surface area contributed by atoms with Crippen LogP contribution in [-0.4, -0.2) is 25.6 Å². The summed E-state index contributed by atoms with van der Waals surface area (Å²) >= 11 is 0. The van der Waals surface area contributed by atoms with Gasteiger partial charge in [-0.2, -0.15) is 0 Å². The average molecular weight is 341 g/mol. The molecule has 0 atom stereocenters. The fraction of sp³-hybridized carbons (Fsp3) is 0.611. The number of carbonyl (C=O) groups is 1. The lowest BCUT2D eigenvalue weighted by molar-refractivity contribution is -0.124. The third-order valence-corrected chi connectivity index (χ3v) is 4.56. The molecule has 4 nitrogen and oxygen atoms in total. The highest BCUT2D eigenvalue weighted by Gasteiger charge is 2.32. The van der Waals surface area contributed by atoms with Gasteiger partial charge in [0.05, 0.1) is 13.2 Å². The van der Waals surface area contributed by atoms with Crippen LogP contribution in [0.1, 0.15) is 44.1 Å². The molecule has 130 valence electrons. The number of hydrogen-bond acceptors (Lipinski definition) is 3. The molecule has 0 bridgehead atoms. The first-order chi connectivity index (χ1) is 10.7. The van der Waals surface area contributed by atoms with E-state index >= 15 is 0 Å². The number of nitrogens with one attached hydrogen (secondary N) is 1. The van der Waals surface area contributed by atoms with Crippen LogP contribution < -0.4 is 11.1 Å². The van der Waals surface area contributed by atoms with E-state index in [0.29, 0.717) is 32.7 Å². The van der Waals surface area contributed by atoms with Crippen LogP contribution in [0.25, 0.3) is 0 Å². The average Bonchev–Trinajstić information content (AvgIpc) is 2.56. The Morgan fingerprint density at radius 1 is 1.17 bits per heavy atom. The molecule has 5 heteroatoms. The van der Waals surface area contributed by atoms with Crippen molar-refractivity contribution in [3.63, 3.8) is 0 Å². The normalized spacial score (nSPS) is 16.4. The molecule has 0 radical (unpaired) electrons. The van der Waals surface area contributed by atoms with E-state index < -0.39 is 0 Å². The van der Waals surface area contributed by atoms with Gasteiger partial charge in [-0.3, -0.25) is 4.79 Å². The predicted octanol–water partition coefficient (Wildman–Crippen LogP) is 3.04. The van der Waals surface area contributed by atoms with Crippen LogP contribution >= 0.6 is 12.4 Å². The fourth-order valence-corrected chi connectivity index (χ4v) is 3.18. The fourth-order valence-electron chi connectivity index (χ4n) is 3.18. The second-order valence-corrected chi connectivity index (χ2v) is 6.33. The Morgan fingerprint density at radius 2 is 1.87 bits per heavy atom. The SMILES string of the molecule is Cl.NCC1(CC(=O)NCCOCc2ccccc2)CCCCC1. The second kappa shape index (κ2) is 10.6. The molecule has 1 aliphatic rings.